The number of aliphatic hydroxyl groups excluding tert-OH is 1. The Morgan fingerprint density at radius 1 is 1.75 bits per heavy atom. The zero-order valence-electron chi connectivity index (χ0n) is 9.73. The maximum absolute atomic E-state index is 11.6. The molecule has 0 aliphatic carbocycles. The third kappa shape index (κ3) is 3.46. The summed E-state index contributed by atoms with van der Waals surface area (Å²) in [6.45, 7) is 4.17. The van der Waals surface area contributed by atoms with Crippen molar-refractivity contribution < 1.29 is 9.90 Å². The molecule has 2 amide bonds. The second kappa shape index (κ2) is 5.81. The minimum absolute atomic E-state index is 0.0331. The van der Waals surface area contributed by atoms with Crippen molar-refractivity contribution in [1.82, 2.24) is 15.2 Å². The van der Waals surface area contributed by atoms with Crippen molar-refractivity contribution in [1.29, 1.82) is 0 Å². The summed E-state index contributed by atoms with van der Waals surface area (Å²) < 4.78 is 0. The zero-order valence-corrected chi connectivity index (χ0v) is 10.5. The lowest BCUT2D eigenvalue weighted by Gasteiger charge is -2.19. The smallest absolute Gasteiger partial charge is 0.317 e. The van der Waals surface area contributed by atoms with E-state index >= 15 is 0 Å². The summed E-state index contributed by atoms with van der Waals surface area (Å²) >= 11 is 1.57. The molecule has 0 aliphatic rings. The van der Waals surface area contributed by atoms with E-state index in [0.29, 0.717) is 6.54 Å². The van der Waals surface area contributed by atoms with Crippen LogP contribution in [0.15, 0.2) is 6.20 Å². The first kappa shape index (κ1) is 12.9. The fourth-order valence-electron chi connectivity index (χ4n) is 1.18. The number of carbonyl (C=O) groups is 1. The highest BCUT2D eigenvalue weighted by molar-refractivity contribution is 7.11. The first-order chi connectivity index (χ1) is 7.54. The highest BCUT2D eigenvalue weighted by Crippen LogP contribution is 2.18. The average molecular weight is 243 g/mol. The van der Waals surface area contributed by atoms with Gasteiger partial charge in [-0.15, -0.1) is 11.3 Å². The van der Waals surface area contributed by atoms with Crippen LogP contribution in [0.5, 0.6) is 0 Å². The summed E-state index contributed by atoms with van der Waals surface area (Å²) in [6.07, 6.45) is 1.79. The second-order valence-electron chi connectivity index (χ2n) is 3.63. The van der Waals surface area contributed by atoms with Gasteiger partial charge >= 0.3 is 6.03 Å². The van der Waals surface area contributed by atoms with E-state index in [9.17, 15) is 4.79 Å². The van der Waals surface area contributed by atoms with Gasteiger partial charge in [0, 0.05) is 24.7 Å². The summed E-state index contributed by atoms with van der Waals surface area (Å²) in [5.74, 6) is 0. The van der Waals surface area contributed by atoms with Crippen LogP contribution in [0, 0.1) is 6.92 Å². The molecule has 1 aromatic heterocycles. The topological polar surface area (TPSA) is 65.5 Å². The van der Waals surface area contributed by atoms with Crippen molar-refractivity contribution in [2.24, 2.45) is 0 Å². The molecule has 5 nitrogen and oxygen atoms in total. The molecule has 0 aliphatic heterocycles. The van der Waals surface area contributed by atoms with Gasteiger partial charge < -0.3 is 15.3 Å². The molecule has 1 heterocycles. The summed E-state index contributed by atoms with van der Waals surface area (Å²) in [5.41, 5.74) is 0. The number of likely N-dealkylation sites (N-methyl/N-ethyl adjacent to an activating group) is 1. The average Bonchev–Trinajstić information content (AvgIpc) is 2.65. The van der Waals surface area contributed by atoms with E-state index in [1.54, 1.807) is 24.6 Å². The summed E-state index contributed by atoms with van der Waals surface area (Å²) in [6, 6.07) is -0.304. The molecule has 1 unspecified atom stereocenters. The maximum Gasteiger partial charge on any atom is 0.317 e. The number of urea groups is 1. The van der Waals surface area contributed by atoms with Crippen LogP contribution < -0.4 is 5.32 Å². The standard InChI is InChI=1S/C10H17N3O2S/c1-7-6-11-9(16-7)8(2)12-10(15)13(3)4-5-14/h6,8,14H,4-5H2,1-3H3,(H,12,15). The lowest BCUT2D eigenvalue weighted by Crippen LogP contribution is -2.39. The van der Waals surface area contributed by atoms with Crippen molar-refractivity contribution in [3.05, 3.63) is 16.1 Å². The van der Waals surface area contributed by atoms with Gasteiger partial charge in [0.2, 0.25) is 0 Å². The molecule has 16 heavy (non-hydrogen) atoms. The van der Waals surface area contributed by atoms with E-state index in [-0.39, 0.29) is 18.7 Å². The minimum Gasteiger partial charge on any atom is -0.395 e. The van der Waals surface area contributed by atoms with Gasteiger partial charge in [0.05, 0.1) is 12.6 Å². The van der Waals surface area contributed by atoms with Crippen LogP contribution in [0.3, 0.4) is 0 Å². The lowest BCUT2D eigenvalue weighted by atomic mass is 10.3. The Kier molecular flexibility index (Phi) is 4.70. The fourth-order valence-corrected chi connectivity index (χ4v) is 1.96. The maximum atomic E-state index is 11.6. The Morgan fingerprint density at radius 2 is 2.44 bits per heavy atom. The van der Waals surface area contributed by atoms with E-state index in [1.807, 2.05) is 13.8 Å². The van der Waals surface area contributed by atoms with Gasteiger partial charge in [-0.1, -0.05) is 0 Å². The Bertz CT molecular complexity index is 354. The molecule has 0 saturated heterocycles. The van der Waals surface area contributed by atoms with Crippen molar-refractivity contribution in [2.45, 2.75) is 19.9 Å². The van der Waals surface area contributed by atoms with Crippen LogP contribution in [0.25, 0.3) is 0 Å². The number of rotatable bonds is 4. The fraction of sp³-hybridized carbons (Fsp3) is 0.600. The van der Waals surface area contributed by atoms with E-state index in [2.05, 4.69) is 10.3 Å². The van der Waals surface area contributed by atoms with Crippen molar-refractivity contribution in [3.63, 3.8) is 0 Å². The Hall–Kier alpha value is -1.14. The number of aromatic nitrogens is 1. The summed E-state index contributed by atoms with van der Waals surface area (Å²) in [5, 5.41) is 12.4. The van der Waals surface area contributed by atoms with Crippen LogP contribution in [0.4, 0.5) is 4.79 Å². The number of thiazole rings is 1. The predicted octanol–water partition coefficient (Wildman–Crippen LogP) is 1.15. The minimum atomic E-state index is -0.200. The van der Waals surface area contributed by atoms with E-state index in [1.165, 1.54) is 4.90 Å². The molecular weight excluding hydrogens is 226 g/mol. The van der Waals surface area contributed by atoms with Gasteiger partial charge in [0.15, 0.2) is 0 Å². The molecular formula is C10H17N3O2S. The molecule has 1 aromatic rings. The highest BCUT2D eigenvalue weighted by Gasteiger charge is 2.14. The van der Waals surface area contributed by atoms with Gasteiger partial charge in [0.25, 0.3) is 0 Å². The second-order valence-corrected chi connectivity index (χ2v) is 4.89. The van der Waals surface area contributed by atoms with Gasteiger partial charge in [0.1, 0.15) is 5.01 Å². The Labute approximate surface area is 99.1 Å². The Morgan fingerprint density at radius 3 is 2.94 bits per heavy atom. The predicted molar refractivity (Wildman–Crippen MR) is 63.5 cm³/mol. The number of carbonyl (C=O) groups excluding carboxylic acids is 1. The largest absolute Gasteiger partial charge is 0.395 e. The van der Waals surface area contributed by atoms with Crippen LogP contribution in [0.2, 0.25) is 0 Å². The number of aryl methyl sites for hydroxylation is 1. The molecule has 0 saturated carbocycles. The van der Waals surface area contributed by atoms with Gasteiger partial charge in [-0.05, 0) is 13.8 Å². The first-order valence-corrected chi connectivity index (χ1v) is 5.91. The van der Waals surface area contributed by atoms with Gasteiger partial charge in [-0.3, -0.25) is 0 Å². The van der Waals surface area contributed by atoms with Crippen molar-refractivity contribution >= 4 is 17.4 Å². The highest BCUT2D eigenvalue weighted by atomic mass is 32.1. The molecule has 0 aromatic carbocycles. The van der Waals surface area contributed by atoms with Crippen LogP contribution in [0.1, 0.15) is 22.9 Å². The molecule has 1 atom stereocenters. The van der Waals surface area contributed by atoms with E-state index in [4.69, 9.17) is 5.11 Å². The molecule has 90 valence electrons. The number of nitrogens with zero attached hydrogens (tertiary/aromatic N) is 2. The quantitative estimate of drug-likeness (QED) is 0.833. The lowest BCUT2D eigenvalue weighted by molar-refractivity contribution is 0.188. The monoisotopic (exact) mass is 243 g/mol. The summed E-state index contributed by atoms with van der Waals surface area (Å²) in [4.78, 5) is 18.4. The van der Waals surface area contributed by atoms with E-state index in [0.717, 1.165) is 9.88 Å². The molecule has 0 spiro atoms. The van der Waals surface area contributed by atoms with Gasteiger partial charge in [-0.25, -0.2) is 9.78 Å². The van der Waals surface area contributed by atoms with Crippen molar-refractivity contribution in [2.75, 3.05) is 20.2 Å². The Balaban J connectivity index is 2.51. The zero-order chi connectivity index (χ0) is 12.1. The number of amides is 2. The van der Waals surface area contributed by atoms with Gasteiger partial charge in [-0.2, -0.15) is 0 Å². The third-order valence-electron chi connectivity index (χ3n) is 2.13. The molecule has 0 fully saturated rings. The number of hydrogen-bond donors (Lipinski definition) is 2. The van der Waals surface area contributed by atoms with E-state index < -0.39 is 0 Å². The molecule has 0 bridgehead atoms. The first-order valence-electron chi connectivity index (χ1n) is 5.09. The van der Waals surface area contributed by atoms with Crippen LogP contribution in [-0.2, 0) is 0 Å². The molecule has 2 N–H and O–H groups in total. The van der Waals surface area contributed by atoms with Crippen LogP contribution >= 0.6 is 11.3 Å². The van der Waals surface area contributed by atoms with Crippen LogP contribution in [-0.4, -0.2) is 41.2 Å². The summed E-state index contributed by atoms with van der Waals surface area (Å²) in [7, 11) is 1.64. The normalized spacial score (nSPS) is 12.2. The molecule has 6 heteroatoms. The van der Waals surface area contributed by atoms with Crippen molar-refractivity contribution in [3.8, 4) is 0 Å². The third-order valence-corrected chi connectivity index (χ3v) is 3.23. The molecule has 0 radical (unpaired) electrons. The SMILES string of the molecule is Cc1cnc(C(C)NC(=O)N(C)CCO)s1. The molecule has 1 rings (SSSR count). The number of hydrogen-bond acceptors (Lipinski definition) is 4. The number of nitrogens with one attached hydrogen (secondary N) is 1. The number of aliphatic hydroxyl groups is 1.